The van der Waals surface area contributed by atoms with Crippen LogP contribution in [0, 0.1) is 0 Å². The molecule has 3 saturated heterocycles. The maximum atomic E-state index is 12.5. The zero-order chi connectivity index (χ0) is 20.6. The number of guanidine groups is 1. The summed E-state index contributed by atoms with van der Waals surface area (Å²) in [5, 5.41) is 3.56. The van der Waals surface area contributed by atoms with Gasteiger partial charge in [-0.15, -0.1) is 0 Å². The minimum absolute atomic E-state index is 0.300. The Morgan fingerprint density at radius 1 is 1.07 bits per heavy atom. The summed E-state index contributed by atoms with van der Waals surface area (Å²) in [6, 6.07) is 0.901. The van der Waals surface area contributed by atoms with Crippen LogP contribution in [0.4, 0.5) is 0 Å². The molecule has 2 unspecified atom stereocenters. The van der Waals surface area contributed by atoms with Crippen LogP contribution in [0.5, 0.6) is 0 Å². The summed E-state index contributed by atoms with van der Waals surface area (Å²) in [6.07, 6.45) is 3.57. The van der Waals surface area contributed by atoms with Crippen molar-refractivity contribution in [2.24, 2.45) is 4.99 Å². The van der Waals surface area contributed by atoms with Gasteiger partial charge in [0, 0.05) is 71.5 Å². The van der Waals surface area contributed by atoms with Crippen LogP contribution in [-0.2, 0) is 9.53 Å². The topological polar surface area (TPSA) is 63.7 Å². The van der Waals surface area contributed by atoms with Crippen LogP contribution in [0.25, 0.3) is 0 Å². The maximum absolute atomic E-state index is 12.5. The Balaban J connectivity index is 1.39. The normalized spacial score (nSPS) is 26.4. The summed E-state index contributed by atoms with van der Waals surface area (Å²) in [6.45, 7) is 14.1. The van der Waals surface area contributed by atoms with Gasteiger partial charge in [-0.3, -0.25) is 19.6 Å². The average molecular weight is 409 g/mol. The first-order chi connectivity index (χ1) is 14.1. The van der Waals surface area contributed by atoms with Crippen molar-refractivity contribution in [3.05, 3.63) is 0 Å². The highest BCUT2D eigenvalue weighted by atomic mass is 16.5. The number of aliphatic imine (C=N–C) groups is 1. The van der Waals surface area contributed by atoms with Crippen molar-refractivity contribution >= 4 is 11.9 Å². The molecule has 8 nitrogen and oxygen atoms in total. The van der Waals surface area contributed by atoms with Crippen LogP contribution in [-0.4, -0.2) is 123 Å². The van der Waals surface area contributed by atoms with E-state index >= 15 is 0 Å². The minimum Gasteiger partial charge on any atom is -0.379 e. The molecule has 166 valence electrons. The molecule has 3 aliphatic rings. The van der Waals surface area contributed by atoms with E-state index in [2.05, 4.69) is 38.9 Å². The Morgan fingerprint density at radius 3 is 2.45 bits per heavy atom. The first-order valence-corrected chi connectivity index (χ1v) is 11.4. The van der Waals surface area contributed by atoms with E-state index < -0.39 is 0 Å². The fraction of sp³-hybridized carbons (Fsp3) is 0.905. The standard InChI is InChI=1S/C21H40N6O2/c1-18(27-13-14-29-17-19(27)2)15-23-21(22-3)26-11-9-24(10-12-26)16-20(28)25-7-5-4-6-8-25/h18-19H,4-17H2,1-3H3,(H,22,23). The molecule has 3 heterocycles. The summed E-state index contributed by atoms with van der Waals surface area (Å²) in [5.74, 6) is 1.27. The Labute approximate surface area is 176 Å². The molecule has 0 aromatic carbocycles. The van der Waals surface area contributed by atoms with Crippen LogP contribution < -0.4 is 5.32 Å². The predicted molar refractivity (Wildman–Crippen MR) is 116 cm³/mol. The number of piperazine rings is 1. The Bertz CT molecular complexity index is 543. The number of carbonyl (C=O) groups is 1. The van der Waals surface area contributed by atoms with Crippen LogP contribution in [0.1, 0.15) is 33.1 Å². The van der Waals surface area contributed by atoms with Gasteiger partial charge in [0.2, 0.25) is 5.91 Å². The van der Waals surface area contributed by atoms with Crippen molar-refractivity contribution in [2.75, 3.05) is 79.2 Å². The number of carbonyl (C=O) groups excluding carboxylic acids is 1. The third-order valence-corrected chi connectivity index (χ3v) is 6.49. The summed E-state index contributed by atoms with van der Waals surface area (Å²) in [5.41, 5.74) is 0. The van der Waals surface area contributed by atoms with E-state index in [9.17, 15) is 4.79 Å². The number of hydrogen-bond acceptors (Lipinski definition) is 5. The van der Waals surface area contributed by atoms with E-state index in [1.165, 1.54) is 6.42 Å². The number of nitrogens with zero attached hydrogens (tertiary/aromatic N) is 5. The fourth-order valence-electron chi connectivity index (χ4n) is 4.64. The molecule has 0 aromatic rings. The lowest BCUT2D eigenvalue weighted by atomic mass is 10.1. The van der Waals surface area contributed by atoms with Gasteiger partial charge in [0.05, 0.1) is 19.8 Å². The van der Waals surface area contributed by atoms with Crippen molar-refractivity contribution in [1.82, 2.24) is 24.9 Å². The van der Waals surface area contributed by atoms with Gasteiger partial charge in [0.15, 0.2) is 5.96 Å². The molecule has 8 heteroatoms. The molecule has 0 aromatic heterocycles. The third kappa shape index (κ3) is 6.30. The summed E-state index contributed by atoms with van der Waals surface area (Å²) in [4.78, 5) is 26.2. The lowest BCUT2D eigenvalue weighted by Gasteiger charge is -2.40. The van der Waals surface area contributed by atoms with E-state index in [4.69, 9.17) is 4.74 Å². The lowest BCUT2D eigenvalue weighted by Crippen LogP contribution is -2.56. The molecule has 3 fully saturated rings. The summed E-state index contributed by atoms with van der Waals surface area (Å²) in [7, 11) is 1.86. The van der Waals surface area contributed by atoms with E-state index in [1.807, 2.05) is 11.9 Å². The molecule has 2 atom stereocenters. The SMILES string of the molecule is CN=C(NCC(C)N1CCOCC1C)N1CCN(CC(=O)N2CCCCC2)CC1. The van der Waals surface area contributed by atoms with Gasteiger partial charge < -0.3 is 19.9 Å². The van der Waals surface area contributed by atoms with E-state index in [1.54, 1.807) is 0 Å². The van der Waals surface area contributed by atoms with Gasteiger partial charge >= 0.3 is 0 Å². The molecule has 29 heavy (non-hydrogen) atoms. The number of ether oxygens (including phenoxy) is 1. The Kier molecular flexibility index (Phi) is 8.56. The molecule has 0 bridgehead atoms. The van der Waals surface area contributed by atoms with Gasteiger partial charge in [0.1, 0.15) is 0 Å². The van der Waals surface area contributed by atoms with E-state index in [0.29, 0.717) is 24.5 Å². The zero-order valence-electron chi connectivity index (χ0n) is 18.6. The molecular weight excluding hydrogens is 368 g/mol. The number of morpholine rings is 1. The number of likely N-dealkylation sites (tertiary alicyclic amines) is 1. The van der Waals surface area contributed by atoms with Crippen LogP contribution in [0.15, 0.2) is 4.99 Å². The molecular formula is C21H40N6O2. The van der Waals surface area contributed by atoms with Crippen molar-refractivity contribution in [3.63, 3.8) is 0 Å². The van der Waals surface area contributed by atoms with E-state index in [-0.39, 0.29) is 0 Å². The van der Waals surface area contributed by atoms with Gasteiger partial charge in [0.25, 0.3) is 0 Å². The summed E-state index contributed by atoms with van der Waals surface area (Å²) >= 11 is 0. The monoisotopic (exact) mass is 408 g/mol. The van der Waals surface area contributed by atoms with Crippen molar-refractivity contribution < 1.29 is 9.53 Å². The number of amides is 1. The van der Waals surface area contributed by atoms with Gasteiger partial charge in [-0.1, -0.05) is 0 Å². The molecule has 0 spiro atoms. The van der Waals surface area contributed by atoms with Crippen LogP contribution >= 0.6 is 0 Å². The molecule has 1 N–H and O–H groups in total. The highest BCUT2D eigenvalue weighted by Crippen LogP contribution is 2.12. The maximum Gasteiger partial charge on any atom is 0.236 e. The molecule has 0 saturated carbocycles. The molecule has 0 radical (unpaired) electrons. The van der Waals surface area contributed by atoms with Crippen LogP contribution in [0.2, 0.25) is 0 Å². The molecule has 3 aliphatic heterocycles. The van der Waals surface area contributed by atoms with Gasteiger partial charge in [-0.05, 0) is 33.1 Å². The van der Waals surface area contributed by atoms with Crippen molar-refractivity contribution in [3.8, 4) is 0 Å². The number of hydrogen-bond donors (Lipinski definition) is 1. The van der Waals surface area contributed by atoms with Gasteiger partial charge in [-0.25, -0.2) is 0 Å². The van der Waals surface area contributed by atoms with Crippen molar-refractivity contribution in [2.45, 2.75) is 45.2 Å². The first-order valence-electron chi connectivity index (χ1n) is 11.4. The highest BCUT2D eigenvalue weighted by molar-refractivity contribution is 5.80. The Morgan fingerprint density at radius 2 is 1.79 bits per heavy atom. The number of piperidine rings is 1. The van der Waals surface area contributed by atoms with Crippen LogP contribution in [0.3, 0.4) is 0 Å². The van der Waals surface area contributed by atoms with Crippen molar-refractivity contribution in [1.29, 1.82) is 0 Å². The summed E-state index contributed by atoms with van der Waals surface area (Å²) < 4.78 is 5.55. The predicted octanol–water partition coefficient (Wildman–Crippen LogP) is 0.301. The second-order valence-corrected chi connectivity index (χ2v) is 8.64. The van der Waals surface area contributed by atoms with E-state index in [0.717, 1.165) is 84.4 Å². The average Bonchev–Trinajstić information content (AvgIpc) is 2.76. The minimum atomic E-state index is 0.300. The molecule has 0 aliphatic carbocycles. The zero-order valence-corrected chi connectivity index (χ0v) is 18.6. The Hall–Kier alpha value is -1.38. The number of nitrogens with one attached hydrogen (secondary N) is 1. The highest BCUT2D eigenvalue weighted by Gasteiger charge is 2.26. The number of rotatable bonds is 5. The fourth-order valence-corrected chi connectivity index (χ4v) is 4.64. The second-order valence-electron chi connectivity index (χ2n) is 8.64. The quantitative estimate of drug-likeness (QED) is 0.522. The van der Waals surface area contributed by atoms with Gasteiger partial charge in [-0.2, -0.15) is 0 Å². The second kappa shape index (κ2) is 11.1. The largest absolute Gasteiger partial charge is 0.379 e. The first kappa shape index (κ1) is 22.3. The third-order valence-electron chi connectivity index (χ3n) is 6.49. The molecule has 3 rings (SSSR count). The molecule has 1 amide bonds. The lowest BCUT2D eigenvalue weighted by molar-refractivity contribution is -0.133. The smallest absolute Gasteiger partial charge is 0.236 e.